The number of fused-ring (bicyclic) bond motifs is 1. The van der Waals surface area contributed by atoms with Crippen LogP contribution in [0.25, 0.3) is 10.8 Å². The van der Waals surface area contributed by atoms with Crippen LogP contribution in [0.3, 0.4) is 0 Å². The van der Waals surface area contributed by atoms with Crippen molar-refractivity contribution in [3.63, 3.8) is 0 Å². The van der Waals surface area contributed by atoms with Crippen LogP contribution < -0.4 is 4.90 Å². The molecule has 0 radical (unpaired) electrons. The van der Waals surface area contributed by atoms with E-state index >= 15 is 0 Å². The van der Waals surface area contributed by atoms with Gasteiger partial charge in [-0.3, -0.25) is 0 Å². The molecular weight excluding hydrogens is 236 g/mol. The van der Waals surface area contributed by atoms with Crippen molar-refractivity contribution in [3.8, 4) is 0 Å². The van der Waals surface area contributed by atoms with Crippen molar-refractivity contribution in [2.75, 3.05) is 18.0 Å². The van der Waals surface area contributed by atoms with Crippen molar-refractivity contribution in [2.24, 2.45) is 5.92 Å². The van der Waals surface area contributed by atoms with Crippen molar-refractivity contribution < 1.29 is 8.78 Å². The first kappa shape index (κ1) is 11.3. The molecule has 1 aromatic heterocycles. The van der Waals surface area contributed by atoms with E-state index in [1.165, 1.54) is 0 Å². The number of hydrogen-bond donors (Lipinski definition) is 0. The molecule has 1 aliphatic heterocycles. The fourth-order valence-corrected chi connectivity index (χ4v) is 2.30. The van der Waals surface area contributed by atoms with Gasteiger partial charge in [0.2, 0.25) is 6.43 Å². The number of hydrogen-bond acceptors (Lipinski definition) is 3. The lowest BCUT2D eigenvalue weighted by atomic mass is 10.00. The molecule has 0 unspecified atom stereocenters. The maximum absolute atomic E-state index is 12.5. The lowest BCUT2D eigenvalue weighted by Gasteiger charge is -2.39. The first-order chi connectivity index (χ1) is 8.66. The summed E-state index contributed by atoms with van der Waals surface area (Å²) in [6.07, 6.45) is -2.24. The fourth-order valence-electron chi connectivity index (χ4n) is 2.30. The van der Waals surface area contributed by atoms with Gasteiger partial charge in [-0.05, 0) is 6.92 Å². The summed E-state index contributed by atoms with van der Waals surface area (Å²) in [6.45, 7) is 2.62. The molecule has 0 saturated carbocycles. The molecule has 0 amide bonds. The Morgan fingerprint density at radius 2 is 1.83 bits per heavy atom. The van der Waals surface area contributed by atoms with Crippen molar-refractivity contribution in [1.29, 1.82) is 0 Å². The van der Waals surface area contributed by atoms with Gasteiger partial charge in [-0.2, -0.15) is 5.10 Å². The zero-order valence-electron chi connectivity index (χ0n) is 9.98. The molecule has 18 heavy (non-hydrogen) atoms. The molecule has 0 aliphatic carbocycles. The quantitative estimate of drug-likeness (QED) is 0.819. The lowest BCUT2D eigenvalue weighted by Crippen LogP contribution is -2.50. The van der Waals surface area contributed by atoms with Crippen molar-refractivity contribution in [2.45, 2.75) is 13.3 Å². The minimum atomic E-state index is -2.24. The van der Waals surface area contributed by atoms with E-state index in [-0.39, 0.29) is 0 Å². The van der Waals surface area contributed by atoms with E-state index in [2.05, 4.69) is 10.2 Å². The predicted octanol–water partition coefficient (Wildman–Crippen LogP) is 2.64. The molecule has 0 spiro atoms. The van der Waals surface area contributed by atoms with Gasteiger partial charge < -0.3 is 4.90 Å². The summed E-state index contributed by atoms with van der Waals surface area (Å²) in [7, 11) is 0. The Balaban J connectivity index is 1.97. The molecule has 5 heteroatoms. The third-order valence-electron chi connectivity index (χ3n) is 3.42. The molecule has 0 bridgehead atoms. The number of benzene rings is 1. The van der Waals surface area contributed by atoms with Crippen LogP contribution in [0, 0.1) is 12.8 Å². The predicted molar refractivity (Wildman–Crippen MR) is 66.0 cm³/mol. The van der Waals surface area contributed by atoms with E-state index in [0.29, 0.717) is 18.9 Å². The standard InChI is InChI=1S/C13H13F2N3/c1-8-10-4-2-3-5-11(10)13(17-16-8)18-6-9(7-18)12(14)15/h2-5,9,12H,6-7H2,1H3. The van der Waals surface area contributed by atoms with E-state index in [1.807, 2.05) is 36.1 Å². The van der Waals surface area contributed by atoms with Crippen LogP contribution in [0.15, 0.2) is 24.3 Å². The van der Waals surface area contributed by atoms with Crippen LogP contribution in [0.1, 0.15) is 5.69 Å². The van der Waals surface area contributed by atoms with Crippen molar-refractivity contribution in [3.05, 3.63) is 30.0 Å². The second-order valence-electron chi connectivity index (χ2n) is 4.65. The SMILES string of the molecule is Cc1nnc(N2CC(C(F)F)C2)c2ccccc12. The number of nitrogens with zero attached hydrogens (tertiary/aromatic N) is 3. The monoisotopic (exact) mass is 249 g/mol. The molecule has 0 N–H and O–H groups in total. The molecule has 2 aromatic rings. The lowest BCUT2D eigenvalue weighted by molar-refractivity contribution is 0.0612. The Hall–Kier alpha value is -1.78. The van der Waals surface area contributed by atoms with Gasteiger partial charge in [-0.25, -0.2) is 8.78 Å². The van der Waals surface area contributed by atoms with Crippen LogP contribution in [0.5, 0.6) is 0 Å². The highest BCUT2D eigenvalue weighted by molar-refractivity contribution is 5.93. The van der Waals surface area contributed by atoms with Gasteiger partial charge in [0.05, 0.1) is 11.6 Å². The third-order valence-corrected chi connectivity index (χ3v) is 3.42. The van der Waals surface area contributed by atoms with E-state index in [4.69, 9.17) is 0 Å². The van der Waals surface area contributed by atoms with Crippen molar-refractivity contribution in [1.82, 2.24) is 10.2 Å². The topological polar surface area (TPSA) is 29.0 Å². The number of alkyl halides is 2. The van der Waals surface area contributed by atoms with Gasteiger partial charge in [-0.15, -0.1) is 5.10 Å². The Labute approximate surface area is 103 Å². The summed E-state index contributed by atoms with van der Waals surface area (Å²) in [5, 5.41) is 10.3. The van der Waals surface area contributed by atoms with Gasteiger partial charge >= 0.3 is 0 Å². The van der Waals surface area contributed by atoms with Gasteiger partial charge in [0.25, 0.3) is 0 Å². The van der Waals surface area contributed by atoms with Crippen LogP contribution in [-0.2, 0) is 0 Å². The van der Waals surface area contributed by atoms with E-state index in [1.54, 1.807) is 0 Å². The molecule has 94 valence electrons. The molecular formula is C13H13F2N3. The third kappa shape index (κ3) is 1.70. The number of rotatable bonds is 2. The molecule has 3 rings (SSSR count). The van der Waals surface area contributed by atoms with E-state index < -0.39 is 12.3 Å². The Bertz CT molecular complexity index is 579. The summed E-state index contributed by atoms with van der Waals surface area (Å²) in [4.78, 5) is 1.87. The number of anilines is 1. The highest BCUT2D eigenvalue weighted by Gasteiger charge is 2.35. The maximum atomic E-state index is 12.5. The summed E-state index contributed by atoms with van der Waals surface area (Å²) < 4.78 is 25.0. The second kappa shape index (κ2) is 4.15. The minimum absolute atomic E-state index is 0.361. The minimum Gasteiger partial charge on any atom is -0.353 e. The summed E-state index contributed by atoms with van der Waals surface area (Å²) in [5.41, 5.74) is 0.861. The summed E-state index contributed by atoms with van der Waals surface area (Å²) in [6, 6.07) is 7.81. The summed E-state index contributed by atoms with van der Waals surface area (Å²) in [5.74, 6) is 0.181. The molecule has 1 saturated heterocycles. The normalized spacial score (nSPS) is 16.3. The van der Waals surface area contributed by atoms with Crippen LogP contribution >= 0.6 is 0 Å². The number of halogens is 2. The first-order valence-corrected chi connectivity index (χ1v) is 5.92. The van der Waals surface area contributed by atoms with Crippen LogP contribution in [0.4, 0.5) is 14.6 Å². The van der Waals surface area contributed by atoms with E-state index in [0.717, 1.165) is 16.5 Å². The highest BCUT2D eigenvalue weighted by Crippen LogP contribution is 2.32. The zero-order chi connectivity index (χ0) is 12.7. The fraction of sp³-hybridized carbons (Fsp3) is 0.385. The van der Waals surface area contributed by atoms with Crippen LogP contribution in [0.2, 0.25) is 0 Å². The number of aromatic nitrogens is 2. The molecule has 1 fully saturated rings. The molecule has 1 aliphatic rings. The van der Waals surface area contributed by atoms with Gasteiger partial charge in [-0.1, -0.05) is 24.3 Å². The first-order valence-electron chi connectivity index (χ1n) is 5.92. The van der Waals surface area contributed by atoms with E-state index in [9.17, 15) is 8.78 Å². The largest absolute Gasteiger partial charge is 0.353 e. The average molecular weight is 249 g/mol. The zero-order valence-corrected chi connectivity index (χ0v) is 9.98. The molecule has 0 atom stereocenters. The second-order valence-corrected chi connectivity index (χ2v) is 4.65. The maximum Gasteiger partial charge on any atom is 0.244 e. The van der Waals surface area contributed by atoms with Gasteiger partial charge in [0.15, 0.2) is 5.82 Å². The highest BCUT2D eigenvalue weighted by atomic mass is 19.3. The van der Waals surface area contributed by atoms with Crippen molar-refractivity contribution >= 4 is 16.6 Å². The van der Waals surface area contributed by atoms with Gasteiger partial charge in [0.1, 0.15) is 0 Å². The Morgan fingerprint density at radius 1 is 1.17 bits per heavy atom. The Kier molecular flexibility index (Phi) is 2.61. The van der Waals surface area contributed by atoms with Gasteiger partial charge in [0, 0.05) is 23.9 Å². The smallest absolute Gasteiger partial charge is 0.244 e. The Morgan fingerprint density at radius 3 is 2.50 bits per heavy atom. The average Bonchev–Trinajstić information content (AvgIpc) is 2.30. The summed E-state index contributed by atoms with van der Waals surface area (Å²) >= 11 is 0. The molecule has 1 aromatic carbocycles. The molecule has 3 nitrogen and oxygen atoms in total. The number of aryl methyl sites for hydroxylation is 1. The molecule has 2 heterocycles. The van der Waals surface area contributed by atoms with Crippen LogP contribution in [-0.4, -0.2) is 29.7 Å².